The zero-order valence-electron chi connectivity index (χ0n) is 59.2. The molecule has 26 atom stereocenters. The van der Waals surface area contributed by atoms with Gasteiger partial charge in [-0.2, -0.15) is 0 Å². The second-order valence-electron chi connectivity index (χ2n) is 37.1. The van der Waals surface area contributed by atoms with Crippen LogP contribution in [0.3, 0.4) is 0 Å². The first-order chi connectivity index (χ1) is 43.2. The predicted octanol–water partition coefficient (Wildman–Crippen LogP) is 13.3. The van der Waals surface area contributed by atoms with Gasteiger partial charge in [-0.15, -0.1) is 11.6 Å². The van der Waals surface area contributed by atoms with E-state index in [1.165, 1.54) is 0 Å². The number of carbonyl (C=O) groups excluding carboxylic acids is 2. The summed E-state index contributed by atoms with van der Waals surface area (Å²) in [5.41, 5.74) is -2.03. The molecule has 14 rings (SSSR count). The molecule has 94 heavy (non-hydrogen) atoms. The van der Waals surface area contributed by atoms with Crippen LogP contribution in [0.5, 0.6) is 0 Å². The highest BCUT2D eigenvalue weighted by molar-refractivity contribution is 6.30. The van der Waals surface area contributed by atoms with E-state index in [0.717, 1.165) is 120 Å². The molecule has 10 aliphatic carbocycles. The van der Waals surface area contributed by atoms with Crippen molar-refractivity contribution in [2.24, 2.45) is 89.7 Å². The van der Waals surface area contributed by atoms with Crippen LogP contribution in [0.4, 0.5) is 0 Å². The van der Waals surface area contributed by atoms with E-state index < -0.39 is 63.7 Å². The number of fused-ring (bicyclic) bond motifs is 4. The lowest BCUT2D eigenvalue weighted by atomic mass is 9.41. The molecular formula is C78H118Cl2N2O12. The molecule has 2 heterocycles. The maximum atomic E-state index is 14.0. The summed E-state index contributed by atoms with van der Waals surface area (Å²) in [6.07, 6.45) is 13.8. The van der Waals surface area contributed by atoms with Crippen LogP contribution in [0.1, 0.15) is 224 Å². The van der Waals surface area contributed by atoms with Crippen molar-refractivity contribution >= 4 is 35.3 Å². The van der Waals surface area contributed by atoms with Crippen molar-refractivity contribution in [2.45, 2.75) is 308 Å². The number of aliphatic hydroxyl groups excluding tert-OH is 4. The molecular weight excluding hydrogens is 1230 g/mol. The first-order valence-corrected chi connectivity index (χ1v) is 37.1. The Morgan fingerprint density at radius 3 is 1.47 bits per heavy atom. The molecule has 10 N–H and O–H groups in total. The minimum atomic E-state index is -0.938. The van der Waals surface area contributed by atoms with Gasteiger partial charge in [-0.1, -0.05) is 116 Å². The zero-order chi connectivity index (χ0) is 67.3. The third-order valence-electron chi connectivity index (χ3n) is 31.2. The summed E-state index contributed by atoms with van der Waals surface area (Å²) in [4.78, 5) is 30.0. The van der Waals surface area contributed by atoms with E-state index in [9.17, 15) is 40.2 Å². The van der Waals surface area contributed by atoms with Gasteiger partial charge in [-0.05, 0) is 259 Å². The molecule has 2 saturated heterocycles. The predicted molar refractivity (Wildman–Crippen MR) is 364 cm³/mol. The van der Waals surface area contributed by atoms with Crippen LogP contribution in [0, 0.1) is 89.7 Å². The van der Waals surface area contributed by atoms with Crippen molar-refractivity contribution in [1.29, 1.82) is 0 Å². The maximum Gasteiger partial charge on any atom is 0.325 e. The van der Waals surface area contributed by atoms with Gasteiger partial charge in [-0.25, -0.2) is 4.84 Å². The van der Waals surface area contributed by atoms with Gasteiger partial charge in [0.2, 0.25) is 0 Å². The fraction of sp³-hybridized carbons (Fsp3) is 0.821. The molecule has 0 aromatic heterocycles. The number of esters is 2. The molecule has 12 fully saturated rings. The van der Waals surface area contributed by atoms with E-state index in [-0.39, 0.29) is 121 Å². The molecule has 4 spiro atoms. The largest absolute Gasteiger partial charge is 0.461 e. The van der Waals surface area contributed by atoms with Gasteiger partial charge in [-0.3, -0.25) is 9.59 Å². The number of carbonyl (C=O) groups is 2. The summed E-state index contributed by atoms with van der Waals surface area (Å²) >= 11 is 12.8. The second-order valence-corrected chi connectivity index (χ2v) is 37.9. The number of hydrogen-bond donors (Lipinski definition) is 8. The highest BCUT2D eigenvalue weighted by atomic mass is 35.5. The van der Waals surface area contributed by atoms with Crippen LogP contribution in [-0.2, 0) is 41.4 Å². The van der Waals surface area contributed by atoms with Gasteiger partial charge in [0.05, 0.1) is 59.0 Å². The number of ether oxygens (including phenoxy) is 4. The molecule has 0 bridgehead atoms. The number of halogens is 2. The van der Waals surface area contributed by atoms with E-state index in [1.54, 1.807) is 0 Å². The first-order valence-electron chi connectivity index (χ1n) is 36.3. The lowest BCUT2D eigenvalue weighted by Gasteiger charge is -2.64. The monoisotopic (exact) mass is 1340 g/mol. The summed E-state index contributed by atoms with van der Waals surface area (Å²) in [6, 6.07) is 19.0. The Morgan fingerprint density at radius 1 is 0.543 bits per heavy atom. The number of nitrogens with one attached hydrogen (secondary N) is 1. The van der Waals surface area contributed by atoms with Crippen molar-refractivity contribution in [1.82, 2.24) is 11.0 Å². The summed E-state index contributed by atoms with van der Waals surface area (Å²) in [5.74, 6) is -0.120. The van der Waals surface area contributed by atoms with Gasteiger partial charge in [0.1, 0.15) is 23.6 Å². The van der Waals surface area contributed by atoms with Crippen molar-refractivity contribution in [3.05, 3.63) is 71.8 Å². The summed E-state index contributed by atoms with van der Waals surface area (Å²) in [7, 11) is 0. The van der Waals surface area contributed by atoms with Gasteiger partial charge in [0, 0.05) is 23.2 Å². The molecule has 2 aromatic rings. The molecule has 2 aromatic carbocycles. The quantitative estimate of drug-likeness (QED) is 0.0529. The van der Waals surface area contributed by atoms with Crippen molar-refractivity contribution < 1.29 is 59.2 Å². The second kappa shape index (κ2) is 23.3. The Bertz CT molecular complexity index is 3160. The summed E-state index contributed by atoms with van der Waals surface area (Å²) < 4.78 is 26.3. The topological polar surface area (TPSA) is 239 Å². The molecule has 0 amide bonds. The fourth-order valence-electron chi connectivity index (χ4n) is 26.9. The molecule has 526 valence electrons. The van der Waals surface area contributed by atoms with Crippen LogP contribution in [0.15, 0.2) is 60.7 Å². The lowest BCUT2D eigenvalue weighted by molar-refractivity contribution is -0.221. The Balaban J connectivity index is 0.000000179. The minimum absolute atomic E-state index is 0. The van der Waals surface area contributed by atoms with Gasteiger partial charge in [0.25, 0.3) is 0 Å². The average molecular weight is 1350 g/mol. The minimum Gasteiger partial charge on any atom is -0.461 e. The number of hydrogen-bond acceptors (Lipinski definition) is 14. The summed E-state index contributed by atoms with van der Waals surface area (Å²) in [6.45, 7) is 30.0. The number of aliphatic hydroxyl groups is 6. The first kappa shape index (κ1) is 71.4. The molecule has 4 unspecified atom stereocenters. The standard InChI is InChI=1S/C39H58ClNO6.C39H57ClO6.H3N/c1-33(2)28(43)13-16-39-22-38(39)18-17-35(5)30(37(7)15-14-29(47-37)34(3,4)45)25(42)21-36(35,6)27(38)20-26(31(33)39)46-32(44)24(41-40)19-23-11-9-8-10-12-23;1-33(2)28(45-32(43)24(40)19-23-11-9-8-10-12-23)14-16-39-22-38(39)18-17-35(5)31(37(7)15-13-29(46-37)34(3,4)44)26(42)21-36(35,6)27(38)20-25(41)30(33)39;/h8-12,24-31,41-43,45H,13-22H2,1-7H3;8-12,24-31,41-42,44H,13-22H2,1-7H3;1H3/t2*24-,25+,26+,27?,28+,29+,30+,31+,35-,36+,37-,38?,39-;/m11./s1. The average Bonchev–Trinajstić information content (AvgIpc) is 1.46. The zero-order valence-corrected chi connectivity index (χ0v) is 60.8. The van der Waals surface area contributed by atoms with E-state index in [4.69, 9.17) is 42.3 Å². The number of alkyl halides is 1. The van der Waals surface area contributed by atoms with Crippen LogP contribution >= 0.6 is 23.4 Å². The number of benzene rings is 2. The number of rotatable bonds is 13. The lowest BCUT2D eigenvalue weighted by Crippen LogP contribution is -2.63. The van der Waals surface area contributed by atoms with Crippen LogP contribution < -0.4 is 11.0 Å². The fourth-order valence-corrected chi connectivity index (χ4v) is 27.3. The van der Waals surface area contributed by atoms with Gasteiger partial charge < -0.3 is 55.7 Å². The third kappa shape index (κ3) is 10.3. The van der Waals surface area contributed by atoms with Gasteiger partial charge in [0.15, 0.2) is 0 Å². The molecule has 0 radical (unpaired) electrons. The van der Waals surface area contributed by atoms with Crippen molar-refractivity contribution in [3.8, 4) is 0 Å². The van der Waals surface area contributed by atoms with Crippen molar-refractivity contribution in [2.75, 3.05) is 0 Å². The molecule has 2 aliphatic heterocycles. The molecule has 16 heteroatoms. The maximum absolute atomic E-state index is 14.0. The highest BCUT2D eigenvalue weighted by Crippen LogP contribution is 2.91. The third-order valence-corrected chi connectivity index (χ3v) is 31.8. The van der Waals surface area contributed by atoms with Gasteiger partial charge >= 0.3 is 11.9 Å². The summed E-state index contributed by atoms with van der Waals surface area (Å²) in [5, 5.41) is 68.5. The molecule has 14 nitrogen and oxygen atoms in total. The molecule has 10 saturated carbocycles. The smallest absolute Gasteiger partial charge is 0.325 e. The van der Waals surface area contributed by atoms with E-state index >= 15 is 0 Å². The Hall–Kier alpha value is -2.44. The molecule has 12 aliphatic rings. The Kier molecular flexibility index (Phi) is 17.7. The normalized spacial score (nSPS) is 48.7. The van der Waals surface area contributed by atoms with Crippen LogP contribution in [-0.4, -0.2) is 125 Å². The highest BCUT2D eigenvalue weighted by Gasteiger charge is 2.87. The van der Waals surface area contributed by atoms with Crippen LogP contribution in [0.2, 0.25) is 0 Å². The van der Waals surface area contributed by atoms with Crippen molar-refractivity contribution in [3.63, 3.8) is 0 Å². The SMILES string of the molecule is CC(C)(O)[C@@H]1CC[C@](C)([C@H]2[C@@H](O)C[C@@]3(C)C4C[C@H](O)[C@H]5C(C)(C)[C@@H](OC(=O)[C@H](Cl)Cc6ccccc6)CC[C@@]56CC46CC[C@]23C)O1.CC(C)(O)[C@@H]1CC[C@](C)([C@H]2[C@@H](O)C[C@@]3(C)C4C[C@H](OC(=O)[C@@H](Cc5ccccc5)NCl)[C@H]5C(C)(C)[C@@H](O)CC[C@@]56CC46CC[C@]23C)O1.N. The van der Waals surface area contributed by atoms with E-state index in [1.807, 2.05) is 88.4 Å². The van der Waals surface area contributed by atoms with E-state index in [2.05, 4.69) is 74.1 Å². The van der Waals surface area contributed by atoms with Crippen LogP contribution in [0.25, 0.3) is 0 Å². The Morgan fingerprint density at radius 2 is 1.00 bits per heavy atom. The Labute approximate surface area is 571 Å². The van der Waals surface area contributed by atoms with E-state index in [0.29, 0.717) is 25.2 Å².